The lowest BCUT2D eigenvalue weighted by Gasteiger charge is -2.17. The van der Waals surface area contributed by atoms with Gasteiger partial charge in [-0.05, 0) is 61.6 Å². The fourth-order valence-electron chi connectivity index (χ4n) is 2.99. The van der Waals surface area contributed by atoms with Gasteiger partial charge in [0.05, 0.1) is 7.11 Å². The van der Waals surface area contributed by atoms with Crippen molar-refractivity contribution in [3.63, 3.8) is 0 Å². The van der Waals surface area contributed by atoms with Crippen molar-refractivity contribution >= 4 is 5.91 Å². The molecule has 0 heterocycles. The molecule has 0 unspecified atom stereocenters. The van der Waals surface area contributed by atoms with Crippen LogP contribution >= 0.6 is 0 Å². The zero-order valence-electron chi connectivity index (χ0n) is 17.4. The third kappa shape index (κ3) is 7.41. The molecule has 1 atom stereocenters. The molecule has 2 aromatic rings. The van der Waals surface area contributed by atoms with Crippen molar-refractivity contribution in [2.45, 2.75) is 32.3 Å². The largest absolute Gasteiger partial charge is 0.493 e. The summed E-state index contributed by atoms with van der Waals surface area (Å²) in [7, 11) is 1.57. The lowest BCUT2D eigenvalue weighted by atomic mass is 10.1. The van der Waals surface area contributed by atoms with E-state index in [2.05, 4.69) is 11.2 Å². The van der Waals surface area contributed by atoms with Crippen molar-refractivity contribution in [1.29, 1.82) is 0 Å². The van der Waals surface area contributed by atoms with E-state index in [0.717, 1.165) is 11.1 Å². The van der Waals surface area contributed by atoms with Gasteiger partial charge in [-0.2, -0.15) is 0 Å². The molecular formula is C24H28FNO4. The number of aryl methyl sites for hydroxylation is 1. The summed E-state index contributed by atoms with van der Waals surface area (Å²) in [6.45, 7) is 2.93. The predicted octanol–water partition coefficient (Wildman–Crippen LogP) is 3.54. The Morgan fingerprint density at radius 2 is 1.87 bits per heavy atom. The third-order valence-electron chi connectivity index (χ3n) is 4.52. The zero-order valence-corrected chi connectivity index (χ0v) is 17.4. The molecule has 6 heteroatoms. The third-order valence-corrected chi connectivity index (χ3v) is 4.52. The van der Waals surface area contributed by atoms with Gasteiger partial charge in [0.15, 0.2) is 11.5 Å². The quantitative estimate of drug-likeness (QED) is 0.541. The second-order valence-corrected chi connectivity index (χ2v) is 6.63. The molecule has 1 N–H and O–H groups in total. The van der Waals surface area contributed by atoms with E-state index in [1.807, 2.05) is 19.1 Å². The number of benzene rings is 2. The molecule has 30 heavy (non-hydrogen) atoms. The van der Waals surface area contributed by atoms with Crippen LogP contribution in [0.4, 0.5) is 4.39 Å². The van der Waals surface area contributed by atoms with Gasteiger partial charge < -0.3 is 19.5 Å². The summed E-state index contributed by atoms with van der Waals surface area (Å²) in [6.07, 6.45) is 6.46. The minimum absolute atomic E-state index is 0.153. The molecule has 5 nitrogen and oxygen atoms in total. The molecule has 160 valence electrons. The van der Waals surface area contributed by atoms with E-state index in [1.54, 1.807) is 25.3 Å². The Labute approximate surface area is 177 Å². The second kappa shape index (κ2) is 12.5. The molecule has 0 aromatic heterocycles. The van der Waals surface area contributed by atoms with Crippen LogP contribution in [-0.2, 0) is 22.4 Å². The van der Waals surface area contributed by atoms with Crippen LogP contribution in [-0.4, -0.2) is 38.9 Å². The van der Waals surface area contributed by atoms with Crippen LogP contribution in [0.25, 0.3) is 0 Å². The lowest BCUT2D eigenvalue weighted by Crippen LogP contribution is -2.37. The minimum atomic E-state index is -0.547. The number of carbonyl (C=O) groups is 1. The van der Waals surface area contributed by atoms with Crippen molar-refractivity contribution in [2.75, 3.05) is 26.9 Å². The van der Waals surface area contributed by atoms with Crippen LogP contribution in [0.1, 0.15) is 24.5 Å². The molecule has 1 amide bonds. The van der Waals surface area contributed by atoms with Crippen LogP contribution in [0.2, 0.25) is 0 Å². The highest BCUT2D eigenvalue weighted by molar-refractivity contribution is 5.80. The molecular weight excluding hydrogens is 385 g/mol. The average molecular weight is 413 g/mol. The summed E-state index contributed by atoms with van der Waals surface area (Å²) < 4.78 is 29.4. The van der Waals surface area contributed by atoms with Gasteiger partial charge in [-0.15, -0.1) is 6.42 Å². The first-order valence-corrected chi connectivity index (χ1v) is 9.94. The molecule has 0 fully saturated rings. The average Bonchev–Trinajstić information content (AvgIpc) is 2.76. The smallest absolute Gasteiger partial charge is 0.249 e. The van der Waals surface area contributed by atoms with Crippen molar-refractivity contribution in [1.82, 2.24) is 5.32 Å². The number of terminal acetylenes is 1. The van der Waals surface area contributed by atoms with Crippen LogP contribution in [0.3, 0.4) is 0 Å². The first-order chi connectivity index (χ1) is 14.6. The van der Waals surface area contributed by atoms with E-state index in [9.17, 15) is 9.18 Å². The van der Waals surface area contributed by atoms with E-state index in [0.29, 0.717) is 43.9 Å². The monoisotopic (exact) mass is 413 g/mol. The van der Waals surface area contributed by atoms with Crippen LogP contribution < -0.4 is 14.8 Å². The zero-order chi connectivity index (χ0) is 21.8. The molecule has 0 aliphatic heterocycles. The number of hydrogen-bond donors (Lipinski definition) is 1. The Bertz CT molecular complexity index is 845. The highest BCUT2D eigenvalue weighted by atomic mass is 19.1. The van der Waals surface area contributed by atoms with Crippen LogP contribution in [0.15, 0.2) is 42.5 Å². The van der Waals surface area contributed by atoms with Crippen molar-refractivity contribution < 1.29 is 23.4 Å². The van der Waals surface area contributed by atoms with E-state index >= 15 is 0 Å². The number of methoxy groups -OCH3 is 1. The number of rotatable bonds is 12. The first kappa shape index (κ1) is 23.2. The van der Waals surface area contributed by atoms with E-state index in [1.165, 1.54) is 12.1 Å². The number of ether oxygens (including phenoxy) is 3. The number of nitrogens with one attached hydrogen (secondary N) is 1. The second-order valence-electron chi connectivity index (χ2n) is 6.63. The fourth-order valence-corrected chi connectivity index (χ4v) is 2.99. The molecule has 0 spiro atoms. The number of amides is 1. The van der Waals surface area contributed by atoms with Crippen molar-refractivity contribution in [2.24, 2.45) is 0 Å². The van der Waals surface area contributed by atoms with Gasteiger partial charge in [-0.25, -0.2) is 4.39 Å². The normalized spacial score (nSPS) is 11.4. The molecule has 0 aliphatic rings. The molecule has 0 saturated heterocycles. The fraction of sp³-hybridized carbons (Fsp3) is 0.375. The number of carbonyl (C=O) groups excluding carboxylic acids is 1. The van der Waals surface area contributed by atoms with Crippen LogP contribution in [0, 0.1) is 18.2 Å². The Morgan fingerprint density at radius 3 is 2.53 bits per heavy atom. The van der Waals surface area contributed by atoms with Gasteiger partial charge in [0.2, 0.25) is 5.91 Å². The summed E-state index contributed by atoms with van der Waals surface area (Å²) in [4.78, 5) is 12.5. The Morgan fingerprint density at radius 1 is 1.13 bits per heavy atom. The summed E-state index contributed by atoms with van der Waals surface area (Å²) in [6, 6.07) is 11.9. The van der Waals surface area contributed by atoms with E-state index in [4.69, 9.17) is 20.6 Å². The molecule has 2 aromatic carbocycles. The van der Waals surface area contributed by atoms with E-state index < -0.39 is 6.10 Å². The highest BCUT2D eigenvalue weighted by Crippen LogP contribution is 2.28. The molecule has 0 radical (unpaired) electrons. The number of halogens is 1. The van der Waals surface area contributed by atoms with E-state index in [-0.39, 0.29) is 18.3 Å². The Kier molecular flexibility index (Phi) is 9.69. The summed E-state index contributed by atoms with van der Waals surface area (Å²) in [5, 5.41) is 2.93. The SMILES string of the molecule is C#CCOc1ccc(CCNC(=O)[C@@H](CCc2ccc(F)cc2)OCC)cc1OC. The lowest BCUT2D eigenvalue weighted by molar-refractivity contribution is -0.132. The maximum absolute atomic E-state index is 13.0. The predicted molar refractivity (Wildman–Crippen MR) is 114 cm³/mol. The van der Waals surface area contributed by atoms with Gasteiger partial charge >= 0.3 is 0 Å². The molecule has 0 saturated carbocycles. The Balaban J connectivity index is 1.86. The standard InChI is InChI=1S/C24H28FNO4/c1-4-16-30-21-12-9-19(17-23(21)28-3)14-15-26-24(27)22(29-5-2)13-8-18-6-10-20(25)11-7-18/h1,6-7,9-12,17,22H,5,8,13-16H2,2-3H3,(H,26,27)/t22-/m1/s1. The van der Waals surface area contributed by atoms with Gasteiger partial charge in [0, 0.05) is 13.2 Å². The number of hydrogen-bond acceptors (Lipinski definition) is 4. The summed E-state index contributed by atoms with van der Waals surface area (Å²) in [5.74, 6) is 3.17. The molecule has 0 aliphatic carbocycles. The molecule has 0 bridgehead atoms. The highest BCUT2D eigenvalue weighted by Gasteiger charge is 2.18. The van der Waals surface area contributed by atoms with Gasteiger partial charge in [0.25, 0.3) is 0 Å². The van der Waals surface area contributed by atoms with Gasteiger partial charge in [0.1, 0.15) is 18.5 Å². The van der Waals surface area contributed by atoms with Crippen molar-refractivity contribution in [3.05, 3.63) is 59.4 Å². The summed E-state index contributed by atoms with van der Waals surface area (Å²) >= 11 is 0. The summed E-state index contributed by atoms with van der Waals surface area (Å²) in [5.41, 5.74) is 1.97. The minimum Gasteiger partial charge on any atom is -0.493 e. The van der Waals surface area contributed by atoms with Gasteiger partial charge in [-0.3, -0.25) is 4.79 Å². The van der Waals surface area contributed by atoms with Gasteiger partial charge in [-0.1, -0.05) is 24.1 Å². The Hall–Kier alpha value is -3.04. The first-order valence-electron chi connectivity index (χ1n) is 9.94. The molecule has 2 rings (SSSR count). The topological polar surface area (TPSA) is 56.8 Å². The van der Waals surface area contributed by atoms with Crippen molar-refractivity contribution in [3.8, 4) is 23.8 Å². The van der Waals surface area contributed by atoms with Crippen LogP contribution in [0.5, 0.6) is 11.5 Å². The maximum atomic E-state index is 13.0. The maximum Gasteiger partial charge on any atom is 0.249 e.